The number of urea groups is 1. The van der Waals surface area contributed by atoms with Crippen LogP contribution in [0.25, 0.3) is 0 Å². The Morgan fingerprint density at radius 3 is 2.43 bits per heavy atom. The number of rotatable bonds is 5. The van der Waals surface area contributed by atoms with Gasteiger partial charge in [-0.15, -0.1) is 0 Å². The van der Waals surface area contributed by atoms with E-state index in [1.807, 2.05) is 0 Å². The zero-order valence-electron chi connectivity index (χ0n) is 15.4. The summed E-state index contributed by atoms with van der Waals surface area (Å²) in [5.74, 6) is -0.800. The Labute approximate surface area is 166 Å². The molecule has 2 N–H and O–H groups in total. The molecule has 9 heteroatoms. The monoisotopic (exact) mass is 403 g/mol. The number of imide groups is 1. The van der Waals surface area contributed by atoms with Crippen LogP contribution in [0.1, 0.15) is 22.8 Å². The Balaban J connectivity index is 1.86. The molecule has 2 aromatic carbocycles. The van der Waals surface area contributed by atoms with Crippen molar-refractivity contribution in [2.45, 2.75) is 12.5 Å². The maximum atomic E-state index is 12.9. The molecule has 1 aliphatic heterocycles. The summed E-state index contributed by atoms with van der Waals surface area (Å²) in [7, 11) is 2.82. The SMILES string of the molecule is COc1cc(C(=O)NN2C(=O)N[C@](C)(c3ccccc3)C2=O)cc(Cl)c1OC. The quantitative estimate of drug-likeness (QED) is 0.747. The van der Waals surface area contributed by atoms with Gasteiger partial charge in [-0.25, -0.2) is 4.79 Å². The summed E-state index contributed by atoms with van der Waals surface area (Å²) in [5, 5.41) is 3.41. The molecule has 1 saturated heterocycles. The molecule has 0 bridgehead atoms. The lowest BCUT2D eigenvalue weighted by Gasteiger charge is -2.22. The van der Waals surface area contributed by atoms with E-state index in [9.17, 15) is 14.4 Å². The number of amides is 4. The van der Waals surface area contributed by atoms with Crippen molar-refractivity contribution in [2.75, 3.05) is 14.2 Å². The van der Waals surface area contributed by atoms with Gasteiger partial charge in [0.05, 0.1) is 19.2 Å². The lowest BCUT2D eigenvalue weighted by molar-refractivity contribution is -0.132. The van der Waals surface area contributed by atoms with Crippen molar-refractivity contribution in [1.29, 1.82) is 0 Å². The van der Waals surface area contributed by atoms with Crippen LogP contribution in [0, 0.1) is 0 Å². The van der Waals surface area contributed by atoms with E-state index in [1.54, 1.807) is 37.3 Å². The second-order valence-electron chi connectivity index (χ2n) is 6.20. The minimum atomic E-state index is -1.29. The highest BCUT2D eigenvalue weighted by molar-refractivity contribution is 6.32. The molecule has 4 amide bonds. The molecule has 0 unspecified atom stereocenters. The van der Waals surface area contributed by atoms with Gasteiger partial charge in [-0.05, 0) is 24.6 Å². The Morgan fingerprint density at radius 1 is 1.14 bits per heavy atom. The fourth-order valence-corrected chi connectivity index (χ4v) is 3.21. The van der Waals surface area contributed by atoms with Crippen LogP contribution in [0.15, 0.2) is 42.5 Å². The van der Waals surface area contributed by atoms with Gasteiger partial charge in [-0.1, -0.05) is 41.9 Å². The average molecular weight is 404 g/mol. The molecule has 0 radical (unpaired) electrons. The van der Waals surface area contributed by atoms with Crippen molar-refractivity contribution in [3.63, 3.8) is 0 Å². The second-order valence-corrected chi connectivity index (χ2v) is 6.60. The third-order valence-electron chi connectivity index (χ3n) is 4.45. The summed E-state index contributed by atoms with van der Waals surface area (Å²) < 4.78 is 10.3. The van der Waals surface area contributed by atoms with Crippen LogP contribution in [0.3, 0.4) is 0 Å². The standard InChI is InChI=1S/C19H18ClN3O5/c1-19(12-7-5-4-6-8-12)17(25)23(18(26)21-19)22-16(24)11-9-13(20)15(28-3)14(10-11)27-2/h4-10H,1-3H3,(H,21,26)(H,22,24)/t19-/m1/s1. The molecule has 3 rings (SSSR count). The number of nitrogens with zero attached hydrogens (tertiary/aromatic N) is 1. The number of carbonyl (C=O) groups excluding carboxylic acids is 3. The van der Waals surface area contributed by atoms with E-state index in [4.69, 9.17) is 21.1 Å². The number of nitrogens with one attached hydrogen (secondary N) is 2. The first-order chi connectivity index (χ1) is 13.3. The van der Waals surface area contributed by atoms with E-state index in [1.165, 1.54) is 26.4 Å². The van der Waals surface area contributed by atoms with Gasteiger partial charge in [0, 0.05) is 5.56 Å². The highest BCUT2D eigenvalue weighted by Crippen LogP contribution is 2.36. The number of methoxy groups -OCH3 is 2. The molecule has 146 valence electrons. The Hall–Kier alpha value is -3.26. The molecule has 0 aromatic heterocycles. The van der Waals surface area contributed by atoms with E-state index in [2.05, 4.69) is 10.7 Å². The first-order valence-electron chi connectivity index (χ1n) is 8.26. The molecule has 0 spiro atoms. The number of ether oxygens (including phenoxy) is 2. The minimum Gasteiger partial charge on any atom is -0.493 e. The zero-order chi connectivity index (χ0) is 20.5. The summed E-state index contributed by atoms with van der Waals surface area (Å²) in [4.78, 5) is 37.8. The maximum Gasteiger partial charge on any atom is 0.344 e. The van der Waals surface area contributed by atoms with Gasteiger partial charge in [0.1, 0.15) is 5.54 Å². The van der Waals surface area contributed by atoms with E-state index in [-0.39, 0.29) is 22.1 Å². The third-order valence-corrected chi connectivity index (χ3v) is 4.73. The predicted octanol–water partition coefficient (Wildman–Crippen LogP) is 2.47. The van der Waals surface area contributed by atoms with Crippen LogP contribution in [0.4, 0.5) is 4.79 Å². The van der Waals surface area contributed by atoms with Crippen LogP contribution >= 0.6 is 11.6 Å². The summed E-state index contributed by atoms with van der Waals surface area (Å²) in [5.41, 5.74) is 1.71. The van der Waals surface area contributed by atoms with E-state index in [0.29, 0.717) is 10.6 Å². The van der Waals surface area contributed by atoms with E-state index < -0.39 is 23.4 Å². The molecule has 1 aliphatic rings. The summed E-state index contributed by atoms with van der Waals surface area (Å²) in [6.07, 6.45) is 0. The van der Waals surface area contributed by atoms with Crippen LogP contribution in [0.5, 0.6) is 11.5 Å². The van der Waals surface area contributed by atoms with Gasteiger partial charge >= 0.3 is 6.03 Å². The molecule has 8 nitrogen and oxygen atoms in total. The van der Waals surface area contributed by atoms with Gasteiger partial charge in [-0.2, -0.15) is 5.01 Å². The number of benzene rings is 2. The molecule has 0 saturated carbocycles. The zero-order valence-corrected chi connectivity index (χ0v) is 16.2. The van der Waals surface area contributed by atoms with Gasteiger partial charge in [0.25, 0.3) is 11.8 Å². The van der Waals surface area contributed by atoms with Crippen LogP contribution in [-0.4, -0.2) is 37.1 Å². The predicted molar refractivity (Wildman–Crippen MR) is 101 cm³/mol. The fraction of sp³-hybridized carbons (Fsp3) is 0.211. The Morgan fingerprint density at radius 2 is 1.82 bits per heavy atom. The van der Waals surface area contributed by atoms with E-state index in [0.717, 1.165) is 0 Å². The highest BCUT2D eigenvalue weighted by Gasteiger charge is 2.50. The lowest BCUT2D eigenvalue weighted by atomic mass is 9.92. The average Bonchev–Trinajstić information content (AvgIpc) is 2.91. The smallest absolute Gasteiger partial charge is 0.344 e. The molecule has 0 aliphatic carbocycles. The normalized spacial score (nSPS) is 18.6. The molecular formula is C19H18ClN3O5. The number of hydrogen-bond acceptors (Lipinski definition) is 5. The van der Waals surface area contributed by atoms with Gasteiger partial charge < -0.3 is 14.8 Å². The first kappa shape index (κ1) is 19.5. The summed E-state index contributed by atoms with van der Waals surface area (Å²) >= 11 is 6.11. The van der Waals surface area contributed by atoms with Gasteiger partial charge in [0.2, 0.25) is 0 Å². The maximum absolute atomic E-state index is 12.9. The van der Waals surface area contributed by atoms with Crippen molar-refractivity contribution in [3.8, 4) is 11.5 Å². The van der Waals surface area contributed by atoms with Crippen molar-refractivity contribution in [1.82, 2.24) is 15.8 Å². The van der Waals surface area contributed by atoms with Crippen LogP contribution in [-0.2, 0) is 10.3 Å². The Bertz CT molecular complexity index is 950. The number of hydrazine groups is 1. The van der Waals surface area contributed by atoms with E-state index >= 15 is 0 Å². The number of carbonyl (C=O) groups is 3. The molecule has 28 heavy (non-hydrogen) atoms. The number of halogens is 1. The lowest BCUT2D eigenvalue weighted by Crippen LogP contribution is -2.47. The van der Waals surface area contributed by atoms with Crippen molar-refractivity contribution >= 4 is 29.4 Å². The van der Waals surface area contributed by atoms with Crippen LogP contribution < -0.4 is 20.2 Å². The molecular weight excluding hydrogens is 386 g/mol. The van der Waals surface area contributed by atoms with Crippen LogP contribution in [0.2, 0.25) is 5.02 Å². The van der Waals surface area contributed by atoms with Crippen molar-refractivity contribution in [2.24, 2.45) is 0 Å². The molecule has 1 heterocycles. The minimum absolute atomic E-state index is 0.0940. The van der Waals surface area contributed by atoms with Gasteiger partial charge in [0.15, 0.2) is 11.5 Å². The summed E-state index contributed by atoms with van der Waals surface area (Å²) in [6, 6.07) is 10.8. The highest BCUT2D eigenvalue weighted by atomic mass is 35.5. The second kappa shape index (κ2) is 7.40. The molecule has 1 fully saturated rings. The largest absolute Gasteiger partial charge is 0.493 e. The fourth-order valence-electron chi connectivity index (χ4n) is 2.92. The summed E-state index contributed by atoms with van der Waals surface area (Å²) in [6.45, 7) is 1.57. The molecule has 1 atom stereocenters. The number of hydrogen-bond donors (Lipinski definition) is 2. The topological polar surface area (TPSA) is 97.0 Å². The Kier molecular flexibility index (Phi) is 5.15. The van der Waals surface area contributed by atoms with Crippen molar-refractivity contribution < 1.29 is 23.9 Å². The first-order valence-corrected chi connectivity index (χ1v) is 8.64. The van der Waals surface area contributed by atoms with Crippen molar-refractivity contribution in [3.05, 3.63) is 58.6 Å². The molecule has 2 aromatic rings. The van der Waals surface area contributed by atoms with Gasteiger partial charge in [-0.3, -0.25) is 15.0 Å². The third kappa shape index (κ3) is 3.22.